The third kappa shape index (κ3) is 1.77. The fourth-order valence-corrected chi connectivity index (χ4v) is 2.20. The minimum absolute atomic E-state index is 0.708. The van der Waals surface area contributed by atoms with Gasteiger partial charge in [-0.05, 0) is 18.5 Å². The van der Waals surface area contributed by atoms with Crippen molar-refractivity contribution >= 4 is 11.8 Å². The molecule has 0 bridgehead atoms. The lowest BCUT2D eigenvalue weighted by molar-refractivity contribution is 0.273. The Hall–Kier alpha value is 0.0500. The van der Waals surface area contributed by atoms with E-state index in [4.69, 9.17) is 0 Å². The van der Waals surface area contributed by atoms with Crippen molar-refractivity contribution in [3.05, 3.63) is 11.5 Å². The van der Waals surface area contributed by atoms with Crippen LogP contribution < -0.4 is 0 Å². The molecule has 1 rings (SSSR count). The summed E-state index contributed by atoms with van der Waals surface area (Å²) >= 11 is 1.92. The minimum atomic E-state index is 0.708. The van der Waals surface area contributed by atoms with Gasteiger partial charge in [-0.25, -0.2) is 0 Å². The number of hydrogen-bond acceptors (Lipinski definition) is 2. The highest BCUT2D eigenvalue weighted by Crippen LogP contribution is 2.18. The molecule has 0 saturated heterocycles. The number of rotatable bonds is 3. The maximum Gasteiger partial charge on any atom is 0.0379 e. The highest BCUT2D eigenvalue weighted by molar-refractivity contribution is 8.02. The number of hydrogen-bond donors (Lipinski definition) is 0. The number of thioether (sulfide) groups is 1. The summed E-state index contributed by atoms with van der Waals surface area (Å²) in [6.07, 6.45) is 2.30. The van der Waals surface area contributed by atoms with Gasteiger partial charge in [-0.1, -0.05) is 19.9 Å². The summed E-state index contributed by atoms with van der Waals surface area (Å²) in [6, 6.07) is 0.708. The van der Waals surface area contributed by atoms with E-state index in [1.165, 1.54) is 18.8 Å². The Bertz CT molecular complexity index is 118. The molecule has 1 atom stereocenters. The molecule has 58 valence electrons. The normalized spacial score (nSPS) is 24.5. The predicted molar refractivity (Wildman–Crippen MR) is 48.3 cm³/mol. The van der Waals surface area contributed by atoms with Crippen molar-refractivity contribution in [1.29, 1.82) is 0 Å². The van der Waals surface area contributed by atoms with Crippen LogP contribution in [0, 0.1) is 0 Å². The molecule has 2 heteroatoms. The topological polar surface area (TPSA) is 3.24 Å². The van der Waals surface area contributed by atoms with Gasteiger partial charge in [-0.15, -0.1) is 11.8 Å². The first kappa shape index (κ1) is 8.15. The van der Waals surface area contributed by atoms with E-state index >= 15 is 0 Å². The molecule has 0 spiro atoms. The maximum absolute atomic E-state index is 2.48. The third-order valence-corrected chi connectivity index (χ3v) is 2.83. The second kappa shape index (κ2) is 4.04. The van der Waals surface area contributed by atoms with Crippen LogP contribution in [-0.2, 0) is 0 Å². The Morgan fingerprint density at radius 1 is 1.50 bits per heavy atom. The molecule has 1 aliphatic heterocycles. The summed E-state index contributed by atoms with van der Waals surface area (Å²) in [5, 5.41) is 2.21. The van der Waals surface area contributed by atoms with Gasteiger partial charge >= 0.3 is 0 Å². The van der Waals surface area contributed by atoms with Crippen LogP contribution in [0.2, 0.25) is 0 Å². The Labute approximate surface area is 67.5 Å². The second-order valence-electron chi connectivity index (χ2n) is 2.45. The van der Waals surface area contributed by atoms with E-state index in [1.54, 1.807) is 0 Å². The van der Waals surface area contributed by atoms with Gasteiger partial charge in [0, 0.05) is 11.8 Å². The molecule has 10 heavy (non-hydrogen) atoms. The van der Waals surface area contributed by atoms with Gasteiger partial charge in [0.25, 0.3) is 0 Å². The lowest BCUT2D eigenvalue weighted by Crippen LogP contribution is -2.33. The predicted octanol–water partition coefficient (Wildman–Crippen LogP) is 1.96. The molecule has 0 aliphatic carbocycles. The third-order valence-electron chi connectivity index (χ3n) is 1.95. The molecule has 0 aromatic rings. The van der Waals surface area contributed by atoms with E-state index in [1.807, 2.05) is 11.8 Å². The second-order valence-corrected chi connectivity index (χ2v) is 3.39. The van der Waals surface area contributed by atoms with Gasteiger partial charge in [-0.2, -0.15) is 0 Å². The van der Waals surface area contributed by atoms with E-state index < -0.39 is 0 Å². The Morgan fingerprint density at radius 3 is 2.60 bits per heavy atom. The monoisotopic (exact) mass is 157 g/mol. The van der Waals surface area contributed by atoms with Crippen molar-refractivity contribution in [3.8, 4) is 0 Å². The first-order valence-corrected chi connectivity index (χ1v) is 4.95. The van der Waals surface area contributed by atoms with Crippen LogP contribution in [0.4, 0.5) is 0 Å². The fraction of sp³-hybridized carbons (Fsp3) is 0.750. The van der Waals surface area contributed by atoms with Gasteiger partial charge in [0.2, 0.25) is 0 Å². The van der Waals surface area contributed by atoms with Crippen LogP contribution in [0.15, 0.2) is 11.5 Å². The molecular formula is C8H15NS. The molecule has 0 aromatic heterocycles. The minimum Gasteiger partial charge on any atom is -0.297 e. The van der Waals surface area contributed by atoms with Crippen LogP contribution in [0.1, 0.15) is 13.8 Å². The Kier molecular flexibility index (Phi) is 3.29. The van der Waals surface area contributed by atoms with Gasteiger partial charge in [0.15, 0.2) is 0 Å². The smallest absolute Gasteiger partial charge is 0.0379 e. The zero-order valence-corrected chi connectivity index (χ0v) is 7.53. The van der Waals surface area contributed by atoms with Crippen LogP contribution in [0.5, 0.6) is 0 Å². The van der Waals surface area contributed by atoms with Crippen molar-refractivity contribution in [1.82, 2.24) is 4.90 Å². The van der Waals surface area contributed by atoms with E-state index in [0.29, 0.717) is 6.04 Å². The molecular weight excluding hydrogens is 142 g/mol. The number of likely N-dealkylation sites (N-methyl/N-ethyl adjacent to an activating group) is 1. The Balaban J connectivity index is 2.37. The molecule has 1 unspecified atom stereocenters. The molecule has 1 heterocycles. The SMILES string of the molecule is CCN(CC)C1C=CSC1. The summed E-state index contributed by atoms with van der Waals surface area (Å²) in [5.74, 6) is 1.25. The average molecular weight is 157 g/mol. The van der Waals surface area contributed by atoms with Gasteiger partial charge in [0.05, 0.1) is 0 Å². The first-order valence-electron chi connectivity index (χ1n) is 3.90. The molecule has 0 radical (unpaired) electrons. The largest absolute Gasteiger partial charge is 0.297 e. The van der Waals surface area contributed by atoms with Gasteiger partial charge in [-0.3, -0.25) is 4.90 Å². The van der Waals surface area contributed by atoms with E-state index in [9.17, 15) is 0 Å². The summed E-state index contributed by atoms with van der Waals surface area (Å²) in [4.78, 5) is 2.48. The summed E-state index contributed by atoms with van der Waals surface area (Å²) in [7, 11) is 0. The number of nitrogens with zero attached hydrogens (tertiary/aromatic N) is 1. The fourth-order valence-electron chi connectivity index (χ4n) is 1.28. The summed E-state index contributed by atoms with van der Waals surface area (Å²) < 4.78 is 0. The summed E-state index contributed by atoms with van der Waals surface area (Å²) in [5.41, 5.74) is 0. The molecule has 0 saturated carbocycles. The van der Waals surface area contributed by atoms with Crippen LogP contribution in [0.25, 0.3) is 0 Å². The van der Waals surface area contributed by atoms with E-state index in [-0.39, 0.29) is 0 Å². The zero-order valence-electron chi connectivity index (χ0n) is 6.71. The lowest BCUT2D eigenvalue weighted by Gasteiger charge is -2.23. The first-order chi connectivity index (χ1) is 4.88. The van der Waals surface area contributed by atoms with Crippen molar-refractivity contribution in [2.75, 3.05) is 18.8 Å². The molecule has 0 aromatic carbocycles. The molecule has 0 fully saturated rings. The van der Waals surface area contributed by atoms with Crippen molar-refractivity contribution in [3.63, 3.8) is 0 Å². The van der Waals surface area contributed by atoms with Crippen LogP contribution >= 0.6 is 11.8 Å². The van der Waals surface area contributed by atoms with Crippen molar-refractivity contribution < 1.29 is 0 Å². The molecule has 0 amide bonds. The Morgan fingerprint density at radius 2 is 2.20 bits per heavy atom. The zero-order chi connectivity index (χ0) is 7.40. The van der Waals surface area contributed by atoms with Gasteiger partial charge < -0.3 is 0 Å². The maximum atomic E-state index is 2.48. The standard InChI is InChI=1S/C8H15NS/c1-3-9(4-2)8-5-6-10-7-8/h5-6,8H,3-4,7H2,1-2H3. The van der Waals surface area contributed by atoms with E-state index in [2.05, 4.69) is 30.2 Å². The van der Waals surface area contributed by atoms with Crippen LogP contribution in [0.3, 0.4) is 0 Å². The average Bonchev–Trinajstić information content (AvgIpc) is 2.43. The van der Waals surface area contributed by atoms with Crippen LogP contribution in [-0.4, -0.2) is 29.8 Å². The molecule has 1 aliphatic rings. The lowest BCUT2D eigenvalue weighted by atomic mass is 10.3. The highest BCUT2D eigenvalue weighted by atomic mass is 32.2. The highest BCUT2D eigenvalue weighted by Gasteiger charge is 2.14. The molecule has 1 nitrogen and oxygen atoms in total. The molecule has 0 N–H and O–H groups in total. The van der Waals surface area contributed by atoms with Crippen molar-refractivity contribution in [2.45, 2.75) is 19.9 Å². The quantitative estimate of drug-likeness (QED) is 0.616. The van der Waals surface area contributed by atoms with E-state index in [0.717, 1.165) is 0 Å². The summed E-state index contributed by atoms with van der Waals surface area (Å²) in [6.45, 7) is 6.79. The van der Waals surface area contributed by atoms with Crippen molar-refractivity contribution in [2.24, 2.45) is 0 Å². The van der Waals surface area contributed by atoms with Gasteiger partial charge in [0.1, 0.15) is 0 Å².